The number of hydrogen-bond acceptors (Lipinski definition) is 2. The molecular weight excluding hydrogens is 168 g/mol. The van der Waals surface area contributed by atoms with Crippen LogP contribution in [0.1, 0.15) is 20.3 Å². The molecule has 1 rings (SSSR count). The predicted octanol–water partition coefficient (Wildman–Crippen LogP) is 0.984. The third-order valence-corrected chi connectivity index (χ3v) is 2.83. The molecule has 1 fully saturated rings. The Hall–Kier alpha value is -0.770. The summed E-state index contributed by atoms with van der Waals surface area (Å²) in [6.07, 6.45) is 0.239. The normalized spacial score (nSPS) is 25.7. The van der Waals surface area contributed by atoms with Crippen LogP contribution >= 0.6 is 0 Å². The average molecular weight is 186 g/mol. The van der Waals surface area contributed by atoms with Crippen molar-refractivity contribution in [3.63, 3.8) is 0 Å². The minimum atomic E-state index is -0.785. The molecular formula is C9H18N2O2. The monoisotopic (exact) mass is 186 g/mol. The van der Waals surface area contributed by atoms with Gasteiger partial charge in [0, 0.05) is 19.6 Å². The first-order valence-corrected chi connectivity index (χ1v) is 4.87. The van der Waals surface area contributed by atoms with Gasteiger partial charge in [-0.1, -0.05) is 20.3 Å². The van der Waals surface area contributed by atoms with Crippen molar-refractivity contribution in [3.8, 4) is 0 Å². The van der Waals surface area contributed by atoms with Crippen molar-refractivity contribution in [2.75, 3.05) is 19.6 Å². The number of amides is 1. The lowest BCUT2D eigenvalue weighted by Crippen LogP contribution is -2.55. The molecule has 1 heterocycles. The third-order valence-electron chi connectivity index (χ3n) is 2.83. The van der Waals surface area contributed by atoms with Crippen LogP contribution in [0.25, 0.3) is 0 Å². The second-order valence-corrected chi connectivity index (χ2v) is 3.63. The highest BCUT2D eigenvalue weighted by atomic mass is 16.4. The molecule has 0 aliphatic carbocycles. The molecule has 13 heavy (non-hydrogen) atoms. The predicted molar refractivity (Wildman–Crippen MR) is 50.8 cm³/mol. The van der Waals surface area contributed by atoms with Crippen LogP contribution in [0.3, 0.4) is 0 Å². The lowest BCUT2D eigenvalue weighted by Gasteiger charge is -2.37. The summed E-state index contributed by atoms with van der Waals surface area (Å²) in [7, 11) is 0. The maximum atomic E-state index is 10.9. The third kappa shape index (κ3) is 2.34. The number of piperazine rings is 1. The Labute approximate surface area is 78.9 Å². The van der Waals surface area contributed by atoms with E-state index < -0.39 is 6.09 Å². The van der Waals surface area contributed by atoms with Crippen LogP contribution in [0, 0.1) is 5.92 Å². The van der Waals surface area contributed by atoms with Gasteiger partial charge >= 0.3 is 6.09 Å². The number of carbonyl (C=O) groups is 1. The molecule has 1 saturated heterocycles. The van der Waals surface area contributed by atoms with E-state index in [2.05, 4.69) is 19.2 Å². The van der Waals surface area contributed by atoms with Crippen molar-refractivity contribution in [1.29, 1.82) is 0 Å². The Bertz CT molecular complexity index is 184. The summed E-state index contributed by atoms with van der Waals surface area (Å²) < 4.78 is 0. The van der Waals surface area contributed by atoms with Crippen LogP contribution in [0.15, 0.2) is 0 Å². The van der Waals surface area contributed by atoms with Gasteiger partial charge in [0.05, 0.1) is 6.04 Å². The maximum Gasteiger partial charge on any atom is 0.407 e. The van der Waals surface area contributed by atoms with Gasteiger partial charge in [-0.05, 0) is 5.92 Å². The van der Waals surface area contributed by atoms with Crippen LogP contribution in [-0.4, -0.2) is 41.8 Å². The highest BCUT2D eigenvalue weighted by Gasteiger charge is 2.29. The van der Waals surface area contributed by atoms with Gasteiger partial charge in [-0.2, -0.15) is 0 Å². The van der Waals surface area contributed by atoms with Crippen LogP contribution in [0.5, 0.6) is 0 Å². The summed E-state index contributed by atoms with van der Waals surface area (Å²) in [6.45, 7) is 6.39. The van der Waals surface area contributed by atoms with Crippen LogP contribution < -0.4 is 5.32 Å². The minimum absolute atomic E-state index is 0.149. The van der Waals surface area contributed by atoms with Crippen molar-refractivity contribution in [1.82, 2.24) is 10.2 Å². The van der Waals surface area contributed by atoms with E-state index in [9.17, 15) is 4.79 Å². The zero-order valence-electron chi connectivity index (χ0n) is 8.29. The molecule has 76 valence electrons. The maximum absolute atomic E-state index is 10.9. The van der Waals surface area contributed by atoms with Crippen molar-refractivity contribution >= 4 is 6.09 Å². The molecule has 2 unspecified atom stereocenters. The Kier molecular flexibility index (Phi) is 3.54. The van der Waals surface area contributed by atoms with Crippen molar-refractivity contribution in [3.05, 3.63) is 0 Å². The van der Waals surface area contributed by atoms with Gasteiger partial charge in [0.1, 0.15) is 0 Å². The summed E-state index contributed by atoms with van der Waals surface area (Å²) in [5, 5.41) is 12.2. The Balaban J connectivity index is 2.61. The van der Waals surface area contributed by atoms with Gasteiger partial charge in [0.15, 0.2) is 0 Å². The molecule has 4 nitrogen and oxygen atoms in total. The van der Waals surface area contributed by atoms with Gasteiger partial charge in [0.2, 0.25) is 0 Å². The SMILES string of the molecule is CCC(C)C1CNCCN1C(=O)O. The van der Waals surface area contributed by atoms with E-state index in [1.165, 1.54) is 0 Å². The van der Waals surface area contributed by atoms with E-state index in [0.29, 0.717) is 12.5 Å². The molecule has 0 spiro atoms. The summed E-state index contributed by atoms with van der Waals surface area (Å²) in [5.41, 5.74) is 0. The summed E-state index contributed by atoms with van der Waals surface area (Å²) in [6, 6.07) is 0.149. The molecule has 1 amide bonds. The smallest absolute Gasteiger partial charge is 0.407 e. The molecule has 2 atom stereocenters. The molecule has 4 heteroatoms. The van der Waals surface area contributed by atoms with E-state index in [4.69, 9.17) is 5.11 Å². The second-order valence-electron chi connectivity index (χ2n) is 3.63. The van der Waals surface area contributed by atoms with E-state index in [1.807, 2.05) is 0 Å². The summed E-state index contributed by atoms with van der Waals surface area (Å²) in [5.74, 6) is 0.434. The van der Waals surface area contributed by atoms with Crippen LogP contribution in [-0.2, 0) is 0 Å². The van der Waals surface area contributed by atoms with Crippen LogP contribution in [0.4, 0.5) is 4.79 Å². The first-order chi connectivity index (χ1) is 6.16. The van der Waals surface area contributed by atoms with Crippen molar-refractivity contribution < 1.29 is 9.90 Å². The first kappa shape index (κ1) is 10.3. The number of nitrogens with zero attached hydrogens (tertiary/aromatic N) is 1. The molecule has 0 radical (unpaired) electrons. The van der Waals surface area contributed by atoms with Gasteiger partial charge in [-0.3, -0.25) is 0 Å². The van der Waals surface area contributed by atoms with Crippen molar-refractivity contribution in [2.24, 2.45) is 5.92 Å². The highest BCUT2D eigenvalue weighted by molar-refractivity contribution is 5.65. The largest absolute Gasteiger partial charge is 0.465 e. The van der Waals surface area contributed by atoms with Gasteiger partial charge in [0.25, 0.3) is 0 Å². The molecule has 0 bridgehead atoms. The number of carboxylic acid groups (broad SMARTS) is 1. The molecule has 2 N–H and O–H groups in total. The van der Waals surface area contributed by atoms with E-state index in [-0.39, 0.29) is 6.04 Å². The second kappa shape index (κ2) is 4.46. The topological polar surface area (TPSA) is 52.6 Å². The molecule has 0 aromatic carbocycles. The molecule has 0 saturated carbocycles. The van der Waals surface area contributed by atoms with E-state index in [0.717, 1.165) is 19.5 Å². The zero-order chi connectivity index (χ0) is 9.84. The Morgan fingerprint density at radius 1 is 1.77 bits per heavy atom. The van der Waals surface area contributed by atoms with Gasteiger partial charge < -0.3 is 15.3 Å². The first-order valence-electron chi connectivity index (χ1n) is 4.87. The Morgan fingerprint density at radius 3 is 3.00 bits per heavy atom. The fourth-order valence-corrected chi connectivity index (χ4v) is 1.74. The van der Waals surface area contributed by atoms with E-state index in [1.54, 1.807) is 4.90 Å². The fourth-order valence-electron chi connectivity index (χ4n) is 1.74. The quantitative estimate of drug-likeness (QED) is 0.676. The van der Waals surface area contributed by atoms with Crippen molar-refractivity contribution in [2.45, 2.75) is 26.3 Å². The van der Waals surface area contributed by atoms with Gasteiger partial charge in [-0.15, -0.1) is 0 Å². The number of rotatable bonds is 2. The lowest BCUT2D eigenvalue weighted by atomic mass is 9.96. The molecule has 0 aromatic rings. The van der Waals surface area contributed by atoms with Gasteiger partial charge in [-0.25, -0.2) is 4.79 Å². The highest BCUT2D eigenvalue weighted by Crippen LogP contribution is 2.16. The lowest BCUT2D eigenvalue weighted by molar-refractivity contribution is 0.0920. The molecule has 1 aliphatic heterocycles. The Morgan fingerprint density at radius 2 is 2.46 bits per heavy atom. The average Bonchev–Trinajstić information content (AvgIpc) is 2.16. The fraction of sp³-hybridized carbons (Fsp3) is 0.889. The summed E-state index contributed by atoms with van der Waals surface area (Å²) >= 11 is 0. The van der Waals surface area contributed by atoms with Crippen LogP contribution in [0.2, 0.25) is 0 Å². The number of hydrogen-bond donors (Lipinski definition) is 2. The standard InChI is InChI=1S/C9H18N2O2/c1-3-7(2)8-6-10-4-5-11(8)9(12)13/h7-8,10H,3-6H2,1-2H3,(H,12,13). The molecule has 1 aliphatic rings. The summed E-state index contributed by atoms with van der Waals surface area (Å²) in [4.78, 5) is 12.4. The zero-order valence-corrected chi connectivity index (χ0v) is 8.29. The minimum Gasteiger partial charge on any atom is -0.465 e. The van der Waals surface area contributed by atoms with E-state index >= 15 is 0 Å². The number of nitrogens with one attached hydrogen (secondary N) is 1. The molecule has 0 aromatic heterocycles.